The molecule has 18 heteroatoms. The molecule has 0 rings (SSSR count). The van der Waals surface area contributed by atoms with Gasteiger partial charge in [-0.3, -0.25) is 0 Å². The highest BCUT2D eigenvalue weighted by molar-refractivity contribution is 7.87. The summed E-state index contributed by atoms with van der Waals surface area (Å²) in [6, 6.07) is 0. The van der Waals surface area contributed by atoms with Crippen molar-refractivity contribution in [2.45, 2.75) is 35.5 Å². The van der Waals surface area contributed by atoms with E-state index in [1.54, 1.807) is 0 Å². The summed E-state index contributed by atoms with van der Waals surface area (Å²) in [5.74, 6) is -15.7. The van der Waals surface area contributed by atoms with Crippen molar-refractivity contribution >= 4 is 10.2 Å². The van der Waals surface area contributed by atoms with Gasteiger partial charge in [0.05, 0.1) is 0 Å². The van der Waals surface area contributed by atoms with Crippen LogP contribution in [0, 0.1) is 0 Å². The third-order valence-corrected chi connectivity index (χ3v) is 2.87. The van der Waals surface area contributed by atoms with E-state index in [0.29, 0.717) is 0 Å². The molecule has 0 saturated carbocycles. The van der Waals surface area contributed by atoms with Crippen molar-refractivity contribution in [2.24, 2.45) is 0 Å². The van der Waals surface area contributed by atoms with Crippen LogP contribution in [0.4, 0.5) is 61.0 Å². The van der Waals surface area contributed by atoms with Crippen LogP contribution in [0.5, 0.6) is 0 Å². The van der Waals surface area contributed by atoms with Gasteiger partial charge in [0.15, 0.2) is 0 Å². The third kappa shape index (κ3) is 3.33. The van der Waals surface area contributed by atoms with Crippen LogP contribution in [0.2, 0.25) is 0 Å². The van der Waals surface area contributed by atoms with Gasteiger partial charge in [-0.2, -0.15) is 65.5 Å². The fourth-order valence-corrected chi connectivity index (χ4v) is 1.11. The van der Waals surface area contributed by atoms with Crippen molar-refractivity contribution in [3.63, 3.8) is 0 Å². The van der Waals surface area contributed by atoms with E-state index in [2.05, 4.69) is 0 Å². The highest BCUT2D eigenvalue weighted by atomic mass is 32.3. The standard InChI is InChI=1S/C6F14O3S/c7-1(8,3(11,12)13)2(9,10)4(14,15)23-5(16,17)6(18,19)24(20,21)22. The Morgan fingerprint density at radius 3 is 1.17 bits per heavy atom. The van der Waals surface area contributed by atoms with E-state index in [4.69, 9.17) is 0 Å². The van der Waals surface area contributed by atoms with E-state index in [9.17, 15) is 69.4 Å². The highest BCUT2D eigenvalue weighted by Gasteiger charge is 2.85. The van der Waals surface area contributed by atoms with E-state index in [0.717, 1.165) is 0 Å². The second-order valence-electron chi connectivity index (χ2n) is 3.74. The Morgan fingerprint density at radius 1 is 0.583 bits per heavy atom. The lowest BCUT2D eigenvalue weighted by molar-refractivity contribution is -0.495. The van der Waals surface area contributed by atoms with Crippen molar-refractivity contribution in [1.29, 1.82) is 0 Å². The van der Waals surface area contributed by atoms with Crippen LogP contribution in [-0.4, -0.2) is 43.9 Å². The average Bonchev–Trinajstić information content (AvgIpc) is 2.23. The Bertz CT molecular complexity index is 574. The van der Waals surface area contributed by atoms with E-state index < -0.39 is 45.7 Å². The fraction of sp³-hybridized carbons (Fsp3) is 1.00. The molecule has 3 nitrogen and oxygen atoms in total. The van der Waals surface area contributed by atoms with Crippen LogP contribution in [0.1, 0.15) is 0 Å². The van der Waals surface area contributed by atoms with Crippen LogP contribution < -0.4 is 0 Å². The molecule has 0 amide bonds. The minimum absolute atomic E-state index is 1.20. The SMILES string of the molecule is O=S(=O)(F)C(F)(F)C(F)(F)OC(F)(F)C(F)(F)C(F)(F)C(F)(F)F. The summed E-state index contributed by atoms with van der Waals surface area (Å²) in [7, 11) is -7.84. The molecule has 0 spiro atoms. The minimum Gasteiger partial charge on any atom is -0.244 e. The first kappa shape index (κ1) is 22.9. The molecule has 0 heterocycles. The van der Waals surface area contributed by atoms with Crippen LogP contribution >= 0.6 is 0 Å². The molecule has 0 radical (unpaired) electrons. The minimum atomic E-state index is -7.92. The Hall–Kier alpha value is -1.07. The van der Waals surface area contributed by atoms with Gasteiger partial charge >= 0.3 is 45.7 Å². The summed E-state index contributed by atoms with van der Waals surface area (Å²) in [5.41, 5.74) is 0. The van der Waals surface area contributed by atoms with Crippen LogP contribution in [-0.2, 0) is 15.0 Å². The second-order valence-corrected chi connectivity index (χ2v) is 5.13. The molecule has 0 aromatic rings. The number of ether oxygens (including phenoxy) is 1. The van der Waals surface area contributed by atoms with E-state index in [-0.39, 0.29) is 0 Å². The Kier molecular flexibility index (Phi) is 5.22. The quantitative estimate of drug-likeness (QED) is 0.486. The monoisotopic (exact) mass is 418 g/mol. The topological polar surface area (TPSA) is 43.4 Å². The Balaban J connectivity index is 6.04. The molecular weight excluding hydrogens is 418 g/mol. The lowest BCUT2D eigenvalue weighted by Crippen LogP contribution is -2.64. The highest BCUT2D eigenvalue weighted by Crippen LogP contribution is 2.56. The van der Waals surface area contributed by atoms with Gasteiger partial charge < -0.3 is 0 Å². The van der Waals surface area contributed by atoms with Gasteiger partial charge in [0, 0.05) is 0 Å². The summed E-state index contributed by atoms with van der Waals surface area (Å²) in [4.78, 5) is 0. The molecule has 0 N–H and O–H groups in total. The molecule has 0 aliphatic carbocycles. The zero-order chi connectivity index (χ0) is 20.2. The molecule has 0 fully saturated rings. The molecule has 0 aliphatic rings. The van der Waals surface area contributed by atoms with Crippen molar-refractivity contribution in [2.75, 3.05) is 0 Å². The molecule has 0 atom stereocenters. The normalized spacial score (nSPS) is 16.4. The summed E-state index contributed by atoms with van der Waals surface area (Å²) in [6.07, 6.45) is -22.7. The van der Waals surface area contributed by atoms with Gasteiger partial charge in [-0.05, 0) is 0 Å². The lowest BCUT2D eigenvalue weighted by Gasteiger charge is -2.35. The van der Waals surface area contributed by atoms with Crippen LogP contribution in [0.3, 0.4) is 0 Å². The Morgan fingerprint density at radius 2 is 0.917 bits per heavy atom. The summed E-state index contributed by atoms with van der Waals surface area (Å²) in [6.45, 7) is 0. The number of alkyl halides is 13. The van der Waals surface area contributed by atoms with E-state index in [1.807, 2.05) is 0 Å². The number of halogens is 14. The van der Waals surface area contributed by atoms with Gasteiger partial charge in [0.1, 0.15) is 0 Å². The van der Waals surface area contributed by atoms with Crippen LogP contribution in [0.25, 0.3) is 0 Å². The summed E-state index contributed by atoms with van der Waals surface area (Å²) >= 11 is 0. The molecular formula is C6F14O3S. The van der Waals surface area contributed by atoms with Gasteiger partial charge in [0.2, 0.25) is 0 Å². The average molecular weight is 418 g/mol. The van der Waals surface area contributed by atoms with Gasteiger partial charge in [-0.25, -0.2) is 4.74 Å². The van der Waals surface area contributed by atoms with Crippen LogP contribution in [0.15, 0.2) is 0 Å². The van der Waals surface area contributed by atoms with Crippen molar-refractivity contribution in [1.82, 2.24) is 0 Å². The maximum Gasteiger partial charge on any atom is 0.464 e. The molecule has 0 aromatic heterocycles. The van der Waals surface area contributed by atoms with Crippen molar-refractivity contribution in [3.8, 4) is 0 Å². The maximum absolute atomic E-state index is 12.6. The van der Waals surface area contributed by atoms with Crippen molar-refractivity contribution < 1.29 is 74.1 Å². The predicted octanol–water partition coefficient (Wildman–Crippen LogP) is 3.91. The first-order valence-corrected chi connectivity index (χ1v) is 5.94. The van der Waals surface area contributed by atoms with Gasteiger partial charge in [-0.15, -0.1) is 0 Å². The molecule has 24 heavy (non-hydrogen) atoms. The molecule has 146 valence electrons. The first-order valence-electron chi connectivity index (χ1n) is 4.56. The number of hydrogen-bond donors (Lipinski definition) is 0. The van der Waals surface area contributed by atoms with E-state index in [1.165, 1.54) is 4.74 Å². The van der Waals surface area contributed by atoms with Crippen molar-refractivity contribution in [3.05, 3.63) is 0 Å². The zero-order valence-corrected chi connectivity index (χ0v) is 10.7. The third-order valence-electron chi connectivity index (χ3n) is 2.02. The molecule has 0 bridgehead atoms. The second kappa shape index (κ2) is 5.46. The smallest absolute Gasteiger partial charge is 0.244 e. The Labute approximate surface area is 121 Å². The molecule has 0 aromatic carbocycles. The van der Waals surface area contributed by atoms with Gasteiger partial charge in [-0.1, -0.05) is 3.89 Å². The zero-order valence-electron chi connectivity index (χ0n) is 9.92. The number of hydrogen-bond acceptors (Lipinski definition) is 3. The largest absolute Gasteiger partial charge is 0.464 e. The molecule has 0 unspecified atom stereocenters. The lowest BCUT2D eigenvalue weighted by atomic mass is 10.1. The summed E-state index contributed by atoms with van der Waals surface area (Å²) in [5, 5.41) is -7.33. The van der Waals surface area contributed by atoms with E-state index >= 15 is 0 Å². The summed E-state index contributed by atoms with van der Waals surface area (Å²) < 4.78 is 191. The predicted molar refractivity (Wildman–Crippen MR) is 41.9 cm³/mol. The number of rotatable bonds is 6. The fourth-order valence-electron chi connectivity index (χ4n) is 0.787. The molecule has 0 aliphatic heterocycles. The van der Waals surface area contributed by atoms with Gasteiger partial charge in [0.25, 0.3) is 0 Å². The first-order chi connectivity index (χ1) is 9.96. The molecule has 0 saturated heterocycles. The maximum atomic E-state index is 12.6.